The maximum atomic E-state index is 13.6. The van der Waals surface area contributed by atoms with Crippen molar-refractivity contribution in [3.63, 3.8) is 0 Å². The number of nitrogens with one attached hydrogen (secondary N) is 1. The molecule has 4 aromatic rings. The quantitative estimate of drug-likeness (QED) is 0.301. The van der Waals surface area contributed by atoms with Crippen molar-refractivity contribution in [1.82, 2.24) is 34.5 Å². The van der Waals surface area contributed by atoms with Crippen molar-refractivity contribution < 1.29 is 18.4 Å². The van der Waals surface area contributed by atoms with E-state index in [0.717, 1.165) is 0 Å². The maximum absolute atomic E-state index is 13.6. The Balaban J connectivity index is 1.77. The van der Waals surface area contributed by atoms with Gasteiger partial charge in [0, 0.05) is 32.2 Å². The lowest BCUT2D eigenvalue weighted by Crippen LogP contribution is -2.29. The first-order valence-corrected chi connectivity index (χ1v) is 12.9. The molecule has 0 saturated carbocycles. The summed E-state index contributed by atoms with van der Waals surface area (Å²) in [4.78, 5) is 8.51. The summed E-state index contributed by atoms with van der Waals surface area (Å²) in [5.74, 6) is 1.97. The molecule has 14 heteroatoms. The number of para-hydroxylation sites is 1. The first kappa shape index (κ1) is 26.5. The van der Waals surface area contributed by atoms with Gasteiger partial charge in [0.15, 0.2) is 11.6 Å². The maximum Gasteiger partial charge on any atom is 0.241 e. The predicted octanol–water partition coefficient (Wildman–Crippen LogP) is 3.37. The highest BCUT2D eigenvalue weighted by molar-refractivity contribution is 7.87. The fraction of sp³-hybridized carbons (Fsp3) is 0.348. The van der Waals surface area contributed by atoms with Crippen LogP contribution in [-0.2, 0) is 22.8 Å². The molecule has 37 heavy (non-hydrogen) atoms. The third-order valence-corrected chi connectivity index (χ3v) is 6.93. The Morgan fingerprint density at radius 1 is 1.11 bits per heavy atom. The van der Waals surface area contributed by atoms with Gasteiger partial charge in [-0.3, -0.25) is 14.0 Å². The Labute approximate surface area is 221 Å². The van der Waals surface area contributed by atoms with E-state index in [1.807, 2.05) is 6.92 Å². The van der Waals surface area contributed by atoms with Crippen LogP contribution in [0.25, 0.3) is 17.2 Å². The van der Waals surface area contributed by atoms with E-state index in [9.17, 15) is 4.21 Å². The molecule has 2 unspecified atom stereocenters. The third kappa shape index (κ3) is 5.58. The summed E-state index contributed by atoms with van der Waals surface area (Å²) in [7, 11) is 3.19. The summed E-state index contributed by atoms with van der Waals surface area (Å²) in [6.07, 6.45) is 4.08. The molecule has 0 bridgehead atoms. The fourth-order valence-electron chi connectivity index (χ4n) is 3.68. The van der Waals surface area contributed by atoms with Crippen LogP contribution >= 0.6 is 11.6 Å². The molecule has 1 aromatic carbocycles. The van der Waals surface area contributed by atoms with Crippen LogP contribution in [0.4, 0.5) is 5.95 Å². The van der Waals surface area contributed by atoms with E-state index < -0.39 is 22.3 Å². The van der Waals surface area contributed by atoms with Gasteiger partial charge in [0.05, 0.1) is 24.5 Å². The smallest absolute Gasteiger partial charge is 0.241 e. The van der Waals surface area contributed by atoms with Gasteiger partial charge in [0.1, 0.15) is 40.0 Å². The fourth-order valence-corrected chi connectivity index (χ4v) is 4.70. The molecule has 0 fully saturated rings. The highest BCUT2D eigenvalue weighted by Gasteiger charge is 2.30. The van der Waals surface area contributed by atoms with Crippen LogP contribution in [0.1, 0.15) is 25.8 Å². The van der Waals surface area contributed by atoms with Crippen LogP contribution in [0.15, 0.2) is 42.9 Å². The standard InChI is InChI=1S/C23H27ClN8O4S/c1-6-36-20(21-25-12-15(24)13-26-21)14(2)37(33)30-23-28-27-22(16-10-11-31(3)29-16)32(23)19-17(34-4)8-7-9-18(19)35-5/h7-14,20H,6H2,1-5H3,(H,28,30)/t14-,20?,37?/m1/s1. The van der Waals surface area contributed by atoms with Crippen molar-refractivity contribution in [2.45, 2.75) is 25.2 Å². The summed E-state index contributed by atoms with van der Waals surface area (Å²) in [5.41, 5.74) is 1.07. The van der Waals surface area contributed by atoms with Crippen LogP contribution in [0.5, 0.6) is 11.5 Å². The molecular weight excluding hydrogens is 520 g/mol. The molecule has 0 radical (unpaired) electrons. The van der Waals surface area contributed by atoms with Crippen molar-refractivity contribution in [2.75, 3.05) is 25.5 Å². The SMILES string of the molecule is CCOC(c1ncc(Cl)cn1)[C@@H](C)S(=O)Nc1nnc(-c2ccn(C)n2)n1-c1c(OC)cccc1OC. The van der Waals surface area contributed by atoms with Crippen molar-refractivity contribution in [3.05, 3.63) is 53.7 Å². The first-order valence-electron chi connectivity index (χ1n) is 11.3. The van der Waals surface area contributed by atoms with Crippen molar-refractivity contribution in [3.8, 4) is 28.7 Å². The number of methoxy groups -OCH3 is 2. The van der Waals surface area contributed by atoms with Crippen molar-refractivity contribution in [1.29, 1.82) is 0 Å². The summed E-state index contributed by atoms with van der Waals surface area (Å²) in [6.45, 7) is 3.98. The first-order chi connectivity index (χ1) is 17.9. The summed E-state index contributed by atoms with van der Waals surface area (Å²) < 4.78 is 37.0. The molecule has 0 saturated heterocycles. The number of benzene rings is 1. The number of anilines is 1. The Hall–Kier alpha value is -3.55. The second-order valence-electron chi connectivity index (χ2n) is 7.81. The minimum atomic E-state index is -1.71. The van der Waals surface area contributed by atoms with E-state index in [1.54, 1.807) is 67.9 Å². The molecule has 1 N–H and O–H groups in total. The van der Waals surface area contributed by atoms with E-state index in [0.29, 0.717) is 46.2 Å². The third-order valence-electron chi connectivity index (χ3n) is 5.43. The Kier molecular flexibility index (Phi) is 8.36. The van der Waals surface area contributed by atoms with Crippen LogP contribution < -0.4 is 14.2 Å². The van der Waals surface area contributed by atoms with E-state index >= 15 is 0 Å². The molecule has 0 amide bonds. The number of ether oxygens (including phenoxy) is 3. The minimum absolute atomic E-state index is 0.195. The highest BCUT2D eigenvalue weighted by Crippen LogP contribution is 2.37. The molecular formula is C23H27ClN8O4S. The van der Waals surface area contributed by atoms with Crippen LogP contribution in [0.3, 0.4) is 0 Å². The van der Waals surface area contributed by atoms with Crippen LogP contribution in [0.2, 0.25) is 5.02 Å². The second-order valence-corrected chi connectivity index (χ2v) is 9.79. The van der Waals surface area contributed by atoms with Gasteiger partial charge in [-0.2, -0.15) is 5.10 Å². The molecule has 3 aromatic heterocycles. The average molecular weight is 547 g/mol. The average Bonchev–Trinajstić information content (AvgIpc) is 3.52. The zero-order chi connectivity index (χ0) is 26.5. The van der Waals surface area contributed by atoms with Gasteiger partial charge < -0.3 is 14.2 Å². The zero-order valence-electron chi connectivity index (χ0n) is 21.0. The molecule has 4 rings (SSSR count). The number of hydrogen-bond donors (Lipinski definition) is 1. The number of nitrogens with zero attached hydrogens (tertiary/aromatic N) is 7. The van der Waals surface area contributed by atoms with E-state index in [4.69, 9.17) is 25.8 Å². The van der Waals surface area contributed by atoms with Crippen molar-refractivity contribution in [2.24, 2.45) is 7.05 Å². The Morgan fingerprint density at radius 3 is 2.35 bits per heavy atom. The molecule has 3 atom stereocenters. The Bertz CT molecular complexity index is 1360. The van der Waals surface area contributed by atoms with Crippen LogP contribution in [-0.4, -0.2) is 64.8 Å². The zero-order valence-corrected chi connectivity index (χ0v) is 22.5. The lowest BCUT2D eigenvalue weighted by Gasteiger charge is -2.23. The second kappa shape index (κ2) is 11.7. The summed E-state index contributed by atoms with van der Waals surface area (Å²) in [5, 5.41) is 12.9. The van der Waals surface area contributed by atoms with Crippen LogP contribution in [0, 0.1) is 0 Å². The van der Waals surface area contributed by atoms with E-state index in [1.165, 1.54) is 12.4 Å². The van der Waals surface area contributed by atoms with E-state index in [2.05, 4.69) is 30.0 Å². The van der Waals surface area contributed by atoms with Gasteiger partial charge in [0.2, 0.25) is 5.95 Å². The number of hydrogen-bond acceptors (Lipinski definition) is 9. The van der Waals surface area contributed by atoms with E-state index in [-0.39, 0.29) is 5.95 Å². The largest absolute Gasteiger partial charge is 0.494 e. The number of aromatic nitrogens is 7. The normalized spacial score (nSPS) is 13.7. The molecule has 196 valence electrons. The van der Waals surface area contributed by atoms with Crippen molar-refractivity contribution >= 4 is 28.5 Å². The minimum Gasteiger partial charge on any atom is -0.494 e. The van der Waals surface area contributed by atoms with Gasteiger partial charge in [-0.25, -0.2) is 14.2 Å². The molecule has 0 spiro atoms. The number of rotatable bonds is 11. The summed E-state index contributed by atoms with van der Waals surface area (Å²) in [6, 6.07) is 7.17. The lowest BCUT2D eigenvalue weighted by molar-refractivity contribution is 0.0567. The number of halogens is 1. The molecule has 0 aliphatic rings. The van der Waals surface area contributed by atoms with Gasteiger partial charge in [-0.1, -0.05) is 17.7 Å². The molecule has 12 nitrogen and oxygen atoms in total. The lowest BCUT2D eigenvalue weighted by atomic mass is 10.2. The Morgan fingerprint density at radius 2 is 1.78 bits per heavy atom. The number of aryl methyl sites for hydroxylation is 1. The van der Waals surface area contributed by atoms with Gasteiger partial charge in [0.25, 0.3) is 0 Å². The van der Waals surface area contributed by atoms with Gasteiger partial charge >= 0.3 is 0 Å². The predicted molar refractivity (Wildman–Crippen MR) is 139 cm³/mol. The molecule has 0 aliphatic carbocycles. The monoisotopic (exact) mass is 546 g/mol. The molecule has 0 aliphatic heterocycles. The highest BCUT2D eigenvalue weighted by atomic mass is 35.5. The van der Waals surface area contributed by atoms with Gasteiger partial charge in [-0.05, 0) is 32.0 Å². The molecule has 3 heterocycles. The summed E-state index contributed by atoms with van der Waals surface area (Å²) >= 11 is 5.94. The topological polar surface area (TPSA) is 131 Å². The van der Waals surface area contributed by atoms with Gasteiger partial charge in [-0.15, -0.1) is 10.2 Å².